The average molecular weight is 108 g/mol. The lowest BCUT2D eigenvalue weighted by Gasteiger charge is -1.80. The Morgan fingerprint density at radius 1 is 1.50 bits per heavy atom. The lowest BCUT2D eigenvalue weighted by molar-refractivity contribution is 0.112. The van der Waals surface area contributed by atoms with Gasteiger partial charge in [-0.3, -0.25) is 4.79 Å². The Morgan fingerprint density at radius 3 is 2.75 bits per heavy atom. The van der Waals surface area contributed by atoms with Crippen molar-refractivity contribution in [2.45, 2.75) is 0 Å². The summed E-state index contributed by atoms with van der Waals surface area (Å²) in [5, 5.41) is 6.96. The first kappa shape index (κ1) is 4.90. The predicted molar refractivity (Wildman–Crippen MR) is 27.4 cm³/mol. The highest BCUT2D eigenvalue weighted by Gasteiger charge is 1.82. The van der Waals surface area contributed by atoms with E-state index < -0.39 is 0 Å². The van der Waals surface area contributed by atoms with Crippen molar-refractivity contribution in [2.24, 2.45) is 0 Å². The van der Waals surface area contributed by atoms with Gasteiger partial charge >= 0.3 is 0 Å². The van der Waals surface area contributed by atoms with E-state index in [0.29, 0.717) is 5.56 Å². The summed E-state index contributed by atoms with van der Waals surface area (Å²) >= 11 is 0. The van der Waals surface area contributed by atoms with Crippen molar-refractivity contribution >= 4 is 6.29 Å². The third-order valence-electron chi connectivity index (χ3n) is 0.743. The van der Waals surface area contributed by atoms with Gasteiger partial charge in [-0.25, -0.2) is 0 Å². The number of aldehydes is 1. The molecule has 0 saturated carbocycles. The fraction of sp³-hybridized carbons (Fsp3) is 0. The molecule has 0 aliphatic rings. The van der Waals surface area contributed by atoms with Gasteiger partial charge in [0.25, 0.3) is 0 Å². The minimum atomic E-state index is 0.556. The Morgan fingerprint density at radius 2 is 2.38 bits per heavy atom. The van der Waals surface area contributed by atoms with E-state index in [9.17, 15) is 4.79 Å². The van der Waals surface area contributed by atoms with Crippen LogP contribution in [0, 0.1) is 0 Å². The monoisotopic (exact) mass is 108 g/mol. The lowest BCUT2D eigenvalue weighted by atomic mass is 10.4. The average Bonchev–Trinajstić information content (AvgIpc) is 1.90. The van der Waals surface area contributed by atoms with Gasteiger partial charge in [0.1, 0.15) is 0 Å². The predicted octanol–water partition coefficient (Wildman–Crippen LogP) is 0.289. The summed E-state index contributed by atoms with van der Waals surface area (Å²) < 4.78 is 0. The van der Waals surface area contributed by atoms with Crippen LogP contribution in [-0.2, 0) is 0 Å². The van der Waals surface area contributed by atoms with E-state index in [1.54, 1.807) is 6.07 Å². The molecule has 3 nitrogen and oxygen atoms in total. The summed E-state index contributed by atoms with van der Waals surface area (Å²) in [5.41, 5.74) is 0.556. The van der Waals surface area contributed by atoms with Gasteiger partial charge in [0, 0.05) is 5.56 Å². The maximum Gasteiger partial charge on any atom is 0.151 e. The minimum absolute atomic E-state index is 0.556. The fourth-order valence-electron chi connectivity index (χ4n) is 0.371. The lowest BCUT2D eigenvalue weighted by Crippen LogP contribution is -1.82. The third kappa shape index (κ3) is 0.872. The quantitative estimate of drug-likeness (QED) is 0.485. The Bertz CT molecular complexity index is 173. The number of nitrogens with zero attached hydrogens (tertiary/aromatic N) is 2. The maximum atomic E-state index is 9.94. The molecule has 0 radical (unpaired) electrons. The Labute approximate surface area is 46.4 Å². The number of carbonyl (C=O) groups is 1. The van der Waals surface area contributed by atoms with Gasteiger partial charge in [0.15, 0.2) is 6.29 Å². The van der Waals surface area contributed by atoms with Crippen LogP contribution in [0.2, 0.25) is 0 Å². The van der Waals surface area contributed by atoms with Crippen molar-refractivity contribution in [3.8, 4) is 0 Å². The molecule has 0 bridgehead atoms. The highest BCUT2D eigenvalue weighted by Crippen LogP contribution is 1.84. The second-order valence-corrected chi connectivity index (χ2v) is 1.29. The molecule has 0 unspecified atom stereocenters. The fourth-order valence-corrected chi connectivity index (χ4v) is 0.371. The van der Waals surface area contributed by atoms with Crippen molar-refractivity contribution in [3.05, 3.63) is 24.0 Å². The zero-order valence-electron chi connectivity index (χ0n) is 4.11. The first-order valence-corrected chi connectivity index (χ1v) is 2.15. The molecule has 0 atom stereocenters. The van der Waals surface area contributed by atoms with Crippen molar-refractivity contribution < 1.29 is 4.79 Å². The second-order valence-electron chi connectivity index (χ2n) is 1.29. The first-order chi connectivity index (χ1) is 3.93. The van der Waals surface area contributed by atoms with Crippen molar-refractivity contribution in [1.82, 2.24) is 10.2 Å². The van der Waals surface area contributed by atoms with Crippen LogP contribution in [0.15, 0.2) is 18.5 Å². The standard InChI is InChI=1S/C5H4N2O/c8-4-5-1-2-6-7-3-5/h1-4H. The molecule has 3 heteroatoms. The molecule has 40 valence electrons. The molecule has 1 aromatic heterocycles. The van der Waals surface area contributed by atoms with Crippen LogP contribution in [0.5, 0.6) is 0 Å². The van der Waals surface area contributed by atoms with E-state index in [4.69, 9.17) is 0 Å². The molecule has 0 spiro atoms. The second kappa shape index (κ2) is 2.16. The Kier molecular flexibility index (Phi) is 1.32. The van der Waals surface area contributed by atoms with Crippen LogP contribution < -0.4 is 0 Å². The number of carbonyl (C=O) groups excluding carboxylic acids is 1. The molecular weight excluding hydrogens is 104 g/mol. The highest BCUT2D eigenvalue weighted by molar-refractivity contribution is 5.73. The SMILES string of the molecule is O=Cc1ccnnc1. The van der Waals surface area contributed by atoms with E-state index in [0.717, 1.165) is 6.29 Å². The molecule has 0 aromatic carbocycles. The van der Waals surface area contributed by atoms with Gasteiger partial charge in [-0.1, -0.05) is 0 Å². The van der Waals surface area contributed by atoms with Crippen LogP contribution in [0.1, 0.15) is 10.4 Å². The van der Waals surface area contributed by atoms with Gasteiger partial charge in [0.05, 0.1) is 12.4 Å². The van der Waals surface area contributed by atoms with Crippen LogP contribution >= 0.6 is 0 Å². The molecule has 0 aliphatic carbocycles. The van der Waals surface area contributed by atoms with Crippen LogP contribution in [0.4, 0.5) is 0 Å². The first-order valence-electron chi connectivity index (χ1n) is 2.15. The topological polar surface area (TPSA) is 42.9 Å². The van der Waals surface area contributed by atoms with E-state index in [2.05, 4.69) is 10.2 Å². The molecule has 1 heterocycles. The largest absolute Gasteiger partial charge is 0.298 e. The van der Waals surface area contributed by atoms with Gasteiger partial charge < -0.3 is 0 Å². The summed E-state index contributed by atoms with van der Waals surface area (Å²) in [7, 11) is 0. The summed E-state index contributed by atoms with van der Waals surface area (Å²) in [5.74, 6) is 0. The number of aromatic nitrogens is 2. The minimum Gasteiger partial charge on any atom is -0.298 e. The number of hydrogen-bond donors (Lipinski definition) is 0. The summed E-state index contributed by atoms with van der Waals surface area (Å²) in [4.78, 5) is 9.94. The molecule has 0 fully saturated rings. The summed E-state index contributed by atoms with van der Waals surface area (Å²) in [6.45, 7) is 0. The third-order valence-corrected chi connectivity index (χ3v) is 0.743. The van der Waals surface area contributed by atoms with Crippen LogP contribution in [-0.4, -0.2) is 16.5 Å². The van der Waals surface area contributed by atoms with Gasteiger partial charge in [0.2, 0.25) is 0 Å². The highest BCUT2D eigenvalue weighted by atomic mass is 16.1. The Balaban J connectivity index is 2.99. The van der Waals surface area contributed by atoms with Crippen molar-refractivity contribution in [1.29, 1.82) is 0 Å². The van der Waals surface area contributed by atoms with E-state index in [1.807, 2.05) is 0 Å². The maximum absolute atomic E-state index is 9.94. The molecule has 0 aliphatic heterocycles. The normalized spacial score (nSPS) is 8.50. The van der Waals surface area contributed by atoms with Crippen molar-refractivity contribution in [3.63, 3.8) is 0 Å². The molecule has 0 saturated heterocycles. The van der Waals surface area contributed by atoms with Crippen LogP contribution in [0.25, 0.3) is 0 Å². The molecular formula is C5H4N2O. The number of hydrogen-bond acceptors (Lipinski definition) is 3. The Hall–Kier alpha value is -1.25. The smallest absolute Gasteiger partial charge is 0.151 e. The summed E-state index contributed by atoms with van der Waals surface area (Å²) in [6.07, 6.45) is 3.62. The van der Waals surface area contributed by atoms with Gasteiger partial charge in [-0.15, -0.1) is 0 Å². The summed E-state index contributed by atoms with van der Waals surface area (Å²) in [6, 6.07) is 1.60. The van der Waals surface area contributed by atoms with Gasteiger partial charge in [-0.05, 0) is 6.07 Å². The van der Waals surface area contributed by atoms with E-state index in [-0.39, 0.29) is 0 Å². The molecule has 0 amide bonds. The van der Waals surface area contributed by atoms with Crippen molar-refractivity contribution in [2.75, 3.05) is 0 Å². The zero-order valence-corrected chi connectivity index (χ0v) is 4.11. The zero-order chi connectivity index (χ0) is 5.82. The molecule has 8 heavy (non-hydrogen) atoms. The molecule has 0 N–H and O–H groups in total. The van der Waals surface area contributed by atoms with E-state index >= 15 is 0 Å². The number of rotatable bonds is 1. The molecule has 1 aromatic rings. The van der Waals surface area contributed by atoms with Gasteiger partial charge in [-0.2, -0.15) is 10.2 Å². The van der Waals surface area contributed by atoms with Crippen LogP contribution in [0.3, 0.4) is 0 Å². The molecule has 1 rings (SSSR count). The van der Waals surface area contributed by atoms with E-state index in [1.165, 1.54) is 12.4 Å².